The first-order valence-electron chi connectivity index (χ1n) is 11.3. The molecule has 4 aliphatic rings. The quantitative estimate of drug-likeness (QED) is 0.488. The van der Waals surface area contributed by atoms with Gasteiger partial charge < -0.3 is 4.74 Å². The zero-order chi connectivity index (χ0) is 20.7. The molecule has 2 aromatic rings. The number of piperidine rings is 2. The van der Waals surface area contributed by atoms with Gasteiger partial charge in [0.25, 0.3) is 0 Å². The SMILES string of the molecule is CCOC(=O)C1CC2C3Cc4ccccc4[C@@]2(CCSc2ccccc2)CC1N3C. The minimum absolute atomic E-state index is 0.0129. The highest BCUT2D eigenvalue weighted by Gasteiger charge is 2.61. The Labute approximate surface area is 184 Å². The van der Waals surface area contributed by atoms with Crippen LogP contribution in [0.15, 0.2) is 59.5 Å². The molecule has 3 fully saturated rings. The maximum atomic E-state index is 12.7. The number of thioether (sulfide) groups is 1. The van der Waals surface area contributed by atoms with Gasteiger partial charge in [0, 0.05) is 22.4 Å². The molecule has 4 bridgehead atoms. The fourth-order valence-corrected chi connectivity index (χ4v) is 7.66. The molecule has 2 saturated heterocycles. The van der Waals surface area contributed by atoms with Crippen molar-refractivity contribution < 1.29 is 9.53 Å². The summed E-state index contributed by atoms with van der Waals surface area (Å²) in [6.07, 6.45) is 4.32. The fraction of sp³-hybridized carbons (Fsp3) is 0.500. The molecule has 2 aliphatic heterocycles. The second-order valence-corrected chi connectivity index (χ2v) is 10.3. The molecule has 4 heteroatoms. The minimum atomic E-state index is 0.0129. The van der Waals surface area contributed by atoms with Crippen molar-refractivity contribution >= 4 is 17.7 Å². The van der Waals surface area contributed by atoms with E-state index in [2.05, 4.69) is 66.5 Å². The Morgan fingerprint density at radius 2 is 1.90 bits per heavy atom. The van der Waals surface area contributed by atoms with E-state index in [0.29, 0.717) is 18.6 Å². The van der Waals surface area contributed by atoms with E-state index >= 15 is 0 Å². The number of hydrogen-bond donors (Lipinski definition) is 0. The third-order valence-corrected chi connectivity index (χ3v) is 8.91. The second kappa shape index (κ2) is 8.05. The molecule has 158 valence electrons. The van der Waals surface area contributed by atoms with E-state index in [0.717, 1.165) is 25.0 Å². The Balaban J connectivity index is 1.46. The van der Waals surface area contributed by atoms with E-state index in [4.69, 9.17) is 4.74 Å². The fourth-order valence-electron chi connectivity index (χ4n) is 6.60. The largest absolute Gasteiger partial charge is 0.466 e. The van der Waals surface area contributed by atoms with Gasteiger partial charge in [0.05, 0.1) is 12.5 Å². The molecular formula is C26H31NO2S. The molecular weight excluding hydrogens is 390 g/mol. The summed E-state index contributed by atoms with van der Waals surface area (Å²) < 4.78 is 5.48. The maximum Gasteiger partial charge on any atom is 0.310 e. The Hall–Kier alpha value is -1.78. The predicted molar refractivity (Wildman–Crippen MR) is 122 cm³/mol. The normalized spacial score (nSPS) is 31.9. The smallest absolute Gasteiger partial charge is 0.310 e. The average molecular weight is 422 g/mol. The van der Waals surface area contributed by atoms with E-state index in [1.54, 1.807) is 5.56 Å². The predicted octanol–water partition coefficient (Wildman–Crippen LogP) is 4.93. The van der Waals surface area contributed by atoms with Crippen LogP contribution in [0.2, 0.25) is 0 Å². The molecule has 5 atom stereocenters. The number of hydrogen-bond acceptors (Lipinski definition) is 4. The number of carbonyl (C=O) groups is 1. The summed E-state index contributed by atoms with van der Waals surface area (Å²) in [7, 11) is 2.24. The number of likely N-dealkylation sites (N-methyl/N-ethyl adjacent to an activating group) is 1. The summed E-state index contributed by atoms with van der Waals surface area (Å²) in [5.41, 5.74) is 3.25. The average Bonchev–Trinajstić information content (AvgIpc) is 2.77. The molecule has 30 heavy (non-hydrogen) atoms. The van der Waals surface area contributed by atoms with E-state index in [9.17, 15) is 4.79 Å². The number of esters is 1. The minimum Gasteiger partial charge on any atom is -0.466 e. The lowest BCUT2D eigenvalue weighted by atomic mass is 9.48. The molecule has 2 aromatic carbocycles. The van der Waals surface area contributed by atoms with Crippen LogP contribution in [0.1, 0.15) is 37.3 Å². The summed E-state index contributed by atoms with van der Waals surface area (Å²) in [5, 5.41) is 0. The Bertz CT molecular complexity index is 916. The monoisotopic (exact) mass is 421 g/mol. The van der Waals surface area contributed by atoms with Gasteiger partial charge >= 0.3 is 5.97 Å². The lowest BCUT2D eigenvalue weighted by Gasteiger charge is -2.64. The standard InChI is InChI=1S/C26H31NO2S/c1-3-29-25(28)20-16-22-23-15-18-9-7-8-12-21(18)26(22,17-24(20)27(23)2)13-14-30-19-10-5-4-6-11-19/h4-12,20,22-24H,3,13-17H2,1-2H3/t20?,22?,23?,24?,26-/m1/s1. The van der Waals surface area contributed by atoms with E-state index in [1.807, 2.05) is 18.7 Å². The van der Waals surface area contributed by atoms with E-state index in [-0.39, 0.29) is 23.3 Å². The van der Waals surface area contributed by atoms with E-state index < -0.39 is 0 Å². The van der Waals surface area contributed by atoms with Crippen LogP contribution < -0.4 is 0 Å². The van der Waals surface area contributed by atoms with Crippen molar-refractivity contribution in [2.45, 2.75) is 55.0 Å². The highest BCUT2D eigenvalue weighted by atomic mass is 32.2. The number of ether oxygens (including phenoxy) is 1. The Morgan fingerprint density at radius 1 is 1.13 bits per heavy atom. The number of nitrogens with zero attached hydrogens (tertiary/aromatic N) is 1. The van der Waals surface area contributed by atoms with Crippen LogP contribution in [-0.2, 0) is 21.4 Å². The van der Waals surface area contributed by atoms with Gasteiger partial charge in [0.2, 0.25) is 0 Å². The van der Waals surface area contributed by atoms with Gasteiger partial charge in [0.1, 0.15) is 0 Å². The molecule has 4 unspecified atom stereocenters. The third kappa shape index (κ3) is 3.20. The van der Waals surface area contributed by atoms with Gasteiger partial charge in [-0.25, -0.2) is 0 Å². The number of carbonyl (C=O) groups excluding carboxylic acids is 1. The maximum absolute atomic E-state index is 12.7. The van der Waals surface area contributed by atoms with Crippen LogP contribution in [0, 0.1) is 11.8 Å². The molecule has 6 rings (SSSR count). The van der Waals surface area contributed by atoms with Gasteiger partial charge in [-0.3, -0.25) is 9.69 Å². The zero-order valence-electron chi connectivity index (χ0n) is 17.9. The molecule has 0 aromatic heterocycles. The van der Waals surface area contributed by atoms with Crippen LogP contribution in [-0.4, -0.2) is 42.4 Å². The summed E-state index contributed by atoms with van der Waals surface area (Å²) in [6.45, 7) is 2.39. The summed E-state index contributed by atoms with van der Waals surface area (Å²) in [4.78, 5) is 16.6. The van der Waals surface area contributed by atoms with Crippen molar-refractivity contribution in [1.29, 1.82) is 0 Å². The summed E-state index contributed by atoms with van der Waals surface area (Å²) in [5.74, 6) is 1.67. The van der Waals surface area contributed by atoms with E-state index in [1.165, 1.54) is 16.9 Å². The van der Waals surface area contributed by atoms with Crippen LogP contribution in [0.3, 0.4) is 0 Å². The Morgan fingerprint density at radius 3 is 2.70 bits per heavy atom. The van der Waals surface area contributed by atoms with Crippen molar-refractivity contribution in [3.63, 3.8) is 0 Å². The first-order valence-corrected chi connectivity index (χ1v) is 12.3. The van der Waals surface area contributed by atoms with Crippen molar-refractivity contribution in [3.05, 3.63) is 65.7 Å². The first kappa shape index (κ1) is 20.1. The topological polar surface area (TPSA) is 29.5 Å². The van der Waals surface area contributed by atoms with Crippen LogP contribution in [0.25, 0.3) is 0 Å². The number of rotatable bonds is 6. The van der Waals surface area contributed by atoms with Gasteiger partial charge in [-0.2, -0.15) is 0 Å². The lowest BCUT2D eigenvalue weighted by molar-refractivity contribution is -0.165. The summed E-state index contributed by atoms with van der Waals surface area (Å²) >= 11 is 1.97. The molecule has 2 aliphatic carbocycles. The van der Waals surface area contributed by atoms with Gasteiger partial charge in [-0.05, 0) is 74.6 Å². The highest BCUT2D eigenvalue weighted by molar-refractivity contribution is 7.99. The lowest BCUT2D eigenvalue weighted by Crippen LogP contribution is -2.69. The highest BCUT2D eigenvalue weighted by Crippen LogP contribution is 2.59. The third-order valence-electron chi connectivity index (χ3n) is 7.90. The second-order valence-electron chi connectivity index (χ2n) is 9.13. The van der Waals surface area contributed by atoms with Crippen molar-refractivity contribution in [2.24, 2.45) is 11.8 Å². The molecule has 2 heterocycles. The van der Waals surface area contributed by atoms with Crippen molar-refractivity contribution in [1.82, 2.24) is 4.90 Å². The Kier molecular flexibility index (Phi) is 5.40. The molecule has 0 amide bonds. The van der Waals surface area contributed by atoms with Crippen molar-refractivity contribution in [3.8, 4) is 0 Å². The number of fused-ring (bicyclic) bond motifs is 2. The van der Waals surface area contributed by atoms with Crippen molar-refractivity contribution in [2.75, 3.05) is 19.4 Å². The molecule has 0 N–H and O–H groups in total. The number of benzene rings is 2. The van der Waals surface area contributed by atoms with Crippen LogP contribution in [0.5, 0.6) is 0 Å². The summed E-state index contributed by atoms with van der Waals surface area (Å²) in [6, 6.07) is 20.6. The molecule has 3 nitrogen and oxygen atoms in total. The van der Waals surface area contributed by atoms with Gasteiger partial charge in [-0.1, -0.05) is 42.5 Å². The van der Waals surface area contributed by atoms with Crippen LogP contribution in [0.4, 0.5) is 0 Å². The van der Waals surface area contributed by atoms with Gasteiger partial charge in [-0.15, -0.1) is 11.8 Å². The molecule has 0 spiro atoms. The van der Waals surface area contributed by atoms with Crippen LogP contribution >= 0.6 is 11.8 Å². The molecule has 0 radical (unpaired) electrons. The first-order chi connectivity index (χ1) is 14.6. The molecule has 1 saturated carbocycles. The zero-order valence-corrected chi connectivity index (χ0v) is 18.7. The van der Waals surface area contributed by atoms with Gasteiger partial charge in [0.15, 0.2) is 0 Å².